The van der Waals surface area contributed by atoms with Gasteiger partial charge >= 0.3 is 0 Å². The third-order valence-electron chi connectivity index (χ3n) is 2.34. The molecule has 17 heavy (non-hydrogen) atoms. The highest BCUT2D eigenvalue weighted by molar-refractivity contribution is 7.98. The van der Waals surface area contributed by atoms with E-state index in [0.29, 0.717) is 11.8 Å². The standard InChI is InChI=1S/C12H14N2O2S/c1-15-11-3-2-9(7-13)6-10(11)8-17-12-14-4-5-16-12/h2-6H,7-8,13H2,1H3. The van der Waals surface area contributed by atoms with Gasteiger partial charge in [0, 0.05) is 17.9 Å². The summed E-state index contributed by atoms with van der Waals surface area (Å²) in [6, 6.07) is 5.96. The SMILES string of the molecule is COc1ccc(CN)cc1CSc1ncco1. The molecule has 0 saturated heterocycles. The quantitative estimate of drug-likeness (QED) is 0.826. The molecular formula is C12H14N2O2S. The van der Waals surface area contributed by atoms with Crippen LogP contribution in [-0.2, 0) is 12.3 Å². The van der Waals surface area contributed by atoms with Crippen molar-refractivity contribution >= 4 is 11.8 Å². The fraction of sp³-hybridized carbons (Fsp3) is 0.250. The molecule has 2 rings (SSSR count). The molecule has 0 radical (unpaired) electrons. The Morgan fingerprint density at radius 2 is 2.35 bits per heavy atom. The third-order valence-corrected chi connectivity index (χ3v) is 3.25. The normalized spacial score (nSPS) is 10.5. The van der Waals surface area contributed by atoms with Crippen LogP contribution in [0.5, 0.6) is 5.75 Å². The fourth-order valence-corrected chi connectivity index (χ4v) is 2.26. The number of aromatic nitrogens is 1. The molecule has 5 heteroatoms. The van der Waals surface area contributed by atoms with Crippen molar-refractivity contribution in [1.29, 1.82) is 0 Å². The summed E-state index contributed by atoms with van der Waals surface area (Å²) < 4.78 is 10.5. The zero-order valence-corrected chi connectivity index (χ0v) is 10.4. The van der Waals surface area contributed by atoms with E-state index in [-0.39, 0.29) is 0 Å². The number of benzene rings is 1. The van der Waals surface area contributed by atoms with Crippen molar-refractivity contribution in [1.82, 2.24) is 4.98 Å². The molecule has 0 bridgehead atoms. The summed E-state index contributed by atoms with van der Waals surface area (Å²) in [4.78, 5) is 4.06. The number of methoxy groups -OCH3 is 1. The predicted octanol–water partition coefficient (Wildman–Crippen LogP) is 2.43. The molecule has 0 saturated carbocycles. The molecule has 0 aliphatic carbocycles. The van der Waals surface area contributed by atoms with Crippen LogP contribution in [-0.4, -0.2) is 12.1 Å². The highest BCUT2D eigenvalue weighted by Gasteiger charge is 2.06. The van der Waals surface area contributed by atoms with Gasteiger partial charge in [0.2, 0.25) is 0 Å². The largest absolute Gasteiger partial charge is 0.496 e. The molecule has 1 aromatic carbocycles. The zero-order valence-electron chi connectivity index (χ0n) is 9.55. The van der Waals surface area contributed by atoms with E-state index in [4.69, 9.17) is 14.9 Å². The number of hydrogen-bond acceptors (Lipinski definition) is 5. The summed E-state index contributed by atoms with van der Waals surface area (Å²) >= 11 is 1.53. The molecule has 4 nitrogen and oxygen atoms in total. The van der Waals surface area contributed by atoms with E-state index in [1.54, 1.807) is 19.6 Å². The Hall–Kier alpha value is -1.46. The Bertz CT molecular complexity index is 471. The van der Waals surface area contributed by atoms with Crippen LogP contribution < -0.4 is 10.5 Å². The van der Waals surface area contributed by atoms with Crippen LogP contribution in [0.15, 0.2) is 40.3 Å². The molecular weight excluding hydrogens is 236 g/mol. The number of rotatable bonds is 5. The molecule has 0 aliphatic heterocycles. The van der Waals surface area contributed by atoms with E-state index >= 15 is 0 Å². The Morgan fingerprint density at radius 3 is 3.00 bits per heavy atom. The topological polar surface area (TPSA) is 61.3 Å². The molecule has 0 spiro atoms. The second kappa shape index (κ2) is 5.75. The minimum Gasteiger partial charge on any atom is -0.496 e. The van der Waals surface area contributed by atoms with E-state index in [2.05, 4.69) is 11.1 Å². The average Bonchev–Trinajstić information content (AvgIpc) is 2.89. The Balaban J connectivity index is 2.12. The maximum absolute atomic E-state index is 5.62. The number of hydrogen-bond donors (Lipinski definition) is 1. The number of ether oxygens (including phenoxy) is 1. The summed E-state index contributed by atoms with van der Waals surface area (Å²) in [5.41, 5.74) is 7.81. The van der Waals surface area contributed by atoms with Gasteiger partial charge in [0.25, 0.3) is 5.22 Å². The Kier molecular flexibility index (Phi) is 4.06. The fourth-order valence-electron chi connectivity index (χ4n) is 1.49. The van der Waals surface area contributed by atoms with Gasteiger partial charge < -0.3 is 14.9 Å². The van der Waals surface area contributed by atoms with Gasteiger partial charge in [0.15, 0.2) is 0 Å². The minimum atomic E-state index is 0.528. The van der Waals surface area contributed by atoms with Gasteiger partial charge in [-0.2, -0.15) is 0 Å². The van der Waals surface area contributed by atoms with Crippen LogP contribution in [0.4, 0.5) is 0 Å². The molecule has 1 heterocycles. The average molecular weight is 250 g/mol. The first-order valence-electron chi connectivity index (χ1n) is 5.21. The highest BCUT2D eigenvalue weighted by Crippen LogP contribution is 2.27. The number of nitrogens with two attached hydrogens (primary N) is 1. The van der Waals surface area contributed by atoms with Crippen molar-refractivity contribution in [2.24, 2.45) is 5.73 Å². The van der Waals surface area contributed by atoms with E-state index in [1.165, 1.54) is 11.8 Å². The van der Waals surface area contributed by atoms with Crippen molar-refractivity contribution in [3.63, 3.8) is 0 Å². The van der Waals surface area contributed by atoms with Crippen LogP contribution in [0.3, 0.4) is 0 Å². The summed E-state index contributed by atoms with van der Waals surface area (Å²) in [5.74, 6) is 1.61. The molecule has 0 atom stereocenters. The predicted molar refractivity (Wildman–Crippen MR) is 66.9 cm³/mol. The second-order valence-corrected chi connectivity index (χ2v) is 4.36. The van der Waals surface area contributed by atoms with Gasteiger partial charge in [-0.25, -0.2) is 4.98 Å². The molecule has 2 aromatic rings. The van der Waals surface area contributed by atoms with Crippen molar-refractivity contribution in [2.45, 2.75) is 17.5 Å². The van der Waals surface area contributed by atoms with Crippen molar-refractivity contribution in [2.75, 3.05) is 7.11 Å². The van der Waals surface area contributed by atoms with E-state index in [1.807, 2.05) is 12.1 Å². The minimum absolute atomic E-state index is 0.528. The lowest BCUT2D eigenvalue weighted by Gasteiger charge is -2.08. The lowest BCUT2D eigenvalue weighted by molar-refractivity contribution is 0.411. The van der Waals surface area contributed by atoms with Gasteiger partial charge in [0.05, 0.1) is 13.3 Å². The van der Waals surface area contributed by atoms with Crippen molar-refractivity contribution in [3.05, 3.63) is 41.8 Å². The van der Waals surface area contributed by atoms with Gasteiger partial charge in [-0.1, -0.05) is 17.8 Å². The summed E-state index contributed by atoms with van der Waals surface area (Å²) in [7, 11) is 1.66. The third kappa shape index (κ3) is 3.01. The van der Waals surface area contributed by atoms with Crippen LogP contribution in [0, 0.1) is 0 Å². The first kappa shape index (κ1) is 12.0. The van der Waals surface area contributed by atoms with E-state index < -0.39 is 0 Å². The van der Waals surface area contributed by atoms with Crippen LogP contribution >= 0.6 is 11.8 Å². The summed E-state index contributed by atoms with van der Waals surface area (Å²) in [6.07, 6.45) is 3.20. The van der Waals surface area contributed by atoms with Gasteiger partial charge in [0.1, 0.15) is 12.0 Å². The molecule has 0 amide bonds. The van der Waals surface area contributed by atoms with Gasteiger partial charge in [-0.05, 0) is 17.7 Å². The monoisotopic (exact) mass is 250 g/mol. The van der Waals surface area contributed by atoms with Gasteiger partial charge in [-0.3, -0.25) is 0 Å². The van der Waals surface area contributed by atoms with E-state index in [0.717, 1.165) is 22.6 Å². The Morgan fingerprint density at radius 1 is 1.47 bits per heavy atom. The van der Waals surface area contributed by atoms with Crippen LogP contribution in [0.25, 0.3) is 0 Å². The Labute approximate surface area is 104 Å². The lowest BCUT2D eigenvalue weighted by atomic mass is 10.1. The van der Waals surface area contributed by atoms with Crippen molar-refractivity contribution in [3.8, 4) is 5.75 Å². The maximum Gasteiger partial charge on any atom is 0.255 e. The van der Waals surface area contributed by atoms with E-state index in [9.17, 15) is 0 Å². The molecule has 0 aliphatic rings. The number of nitrogens with zero attached hydrogens (tertiary/aromatic N) is 1. The maximum atomic E-state index is 5.62. The van der Waals surface area contributed by atoms with Crippen molar-refractivity contribution < 1.29 is 9.15 Å². The van der Waals surface area contributed by atoms with Crippen LogP contribution in [0.1, 0.15) is 11.1 Å². The molecule has 2 N–H and O–H groups in total. The highest BCUT2D eigenvalue weighted by atomic mass is 32.2. The van der Waals surface area contributed by atoms with Crippen LogP contribution in [0.2, 0.25) is 0 Å². The lowest BCUT2D eigenvalue weighted by Crippen LogP contribution is -1.98. The summed E-state index contributed by atoms with van der Waals surface area (Å²) in [5, 5.41) is 0.658. The molecule has 0 fully saturated rings. The number of oxazole rings is 1. The zero-order chi connectivity index (χ0) is 12.1. The van der Waals surface area contributed by atoms with Gasteiger partial charge in [-0.15, -0.1) is 0 Å². The number of thioether (sulfide) groups is 1. The second-order valence-electron chi connectivity index (χ2n) is 3.44. The molecule has 90 valence electrons. The molecule has 1 aromatic heterocycles. The first-order chi connectivity index (χ1) is 8.33. The molecule has 0 unspecified atom stereocenters. The smallest absolute Gasteiger partial charge is 0.255 e. The first-order valence-corrected chi connectivity index (χ1v) is 6.20. The summed E-state index contributed by atoms with van der Waals surface area (Å²) in [6.45, 7) is 0.528.